The Morgan fingerprint density at radius 1 is 1.42 bits per heavy atom. The van der Waals surface area contributed by atoms with Crippen LogP contribution >= 0.6 is 11.3 Å². The minimum atomic E-state index is -0.231. The molecule has 1 aliphatic carbocycles. The Morgan fingerprint density at radius 3 is 3.08 bits per heavy atom. The molecule has 1 unspecified atom stereocenters. The van der Waals surface area contributed by atoms with Gasteiger partial charge in [0, 0.05) is 24.0 Å². The van der Waals surface area contributed by atoms with Crippen LogP contribution < -0.4 is 10.2 Å². The van der Waals surface area contributed by atoms with Crippen molar-refractivity contribution >= 4 is 23.1 Å². The summed E-state index contributed by atoms with van der Waals surface area (Å²) in [5, 5.41) is 8.12. The van der Waals surface area contributed by atoms with Gasteiger partial charge in [0.2, 0.25) is 5.76 Å². The highest BCUT2D eigenvalue weighted by Crippen LogP contribution is 2.33. The molecule has 1 fully saturated rings. The third-order valence-electron chi connectivity index (χ3n) is 4.42. The van der Waals surface area contributed by atoms with Gasteiger partial charge < -0.3 is 19.5 Å². The van der Waals surface area contributed by atoms with Crippen molar-refractivity contribution in [2.45, 2.75) is 32.2 Å². The molecule has 1 amide bonds. The molecule has 1 atom stereocenters. The summed E-state index contributed by atoms with van der Waals surface area (Å²) in [4.78, 5) is 20.5. The van der Waals surface area contributed by atoms with Gasteiger partial charge in [0.25, 0.3) is 5.91 Å². The summed E-state index contributed by atoms with van der Waals surface area (Å²) in [6.07, 6.45) is 3.03. The van der Waals surface area contributed by atoms with Gasteiger partial charge in [-0.25, -0.2) is 4.98 Å². The predicted molar refractivity (Wildman–Crippen MR) is 89.5 cm³/mol. The topological polar surface area (TPSA) is 80.5 Å². The monoisotopic (exact) mass is 348 g/mol. The van der Waals surface area contributed by atoms with E-state index in [1.54, 1.807) is 17.4 Å². The molecule has 1 saturated heterocycles. The van der Waals surface area contributed by atoms with Crippen molar-refractivity contribution in [1.29, 1.82) is 0 Å². The normalized spacial score (nSPS) is 20.7. The average Bonchev–Trinajstić information content (AvgIpc) is 3.22. The molecule has 2 aromatic heterocycles. The summed E-state index contributed by atoms with van der Waals surface area (Å²) < 4.78 is 10.6. The number of anilines is 1. The fourth-order valence-electron chi connectivity index (χ4n) is 3.22. The molecule has 7 nitrogen and oxygen atoms in total. The van der Waals surface area contributed by atoms with Crippen LogP contribution in [-0.2, 0) is 11.2 Å². The summed E-state index contributed by atoms with van der Waals surface area (Å²) in [5.41, 5.74) is 1.02. The third kappa shape index (κ3) is 3.03. The largest absolute Gasteiger partial charge is 0.378 e. The quantitative estimate of drug-likeness (QED) is 0.915. The first-order valence-electron chi connectivity index (χ1n) is 8.27. The molecular weight excluding hydrogens is 328 g/mol. The lowest BCUT2D eigenvalue weighted by Gasteiger charge is -2.25. The number of hydrogen-bond donors (Lipinski definition) is 1. The van der Waals surface area contributed by atoms with Gasteiger partial charge in [-0.05, 0) is 26.2 Å². The zero-order chi connectivity index (χ0) is 16.5. The second-order valence-corrected chi connectivity index (χ2v) is 7.40. The number of nitrogens with zero attached hydrogens (tertiary/aromatic N) is 3. The van der Waals surface area contributed by atoms with Crippen LogP contribution in [0.1, 0.15) is 45.0 Å². The number of thiazole rings is 1. The van der Waals surface area contributed by atoms with Crippen molar-refractivity contribution in [1.82, 2.24) is 15.5 Å². The van der Waals surface area contributed by atoms with Crippen LogP contribution in [0.3, 0.4) is 0 Å². The van der Waals surface area contributed by atoms with Gasteiger partial charge in [-0.1, -0.05) is 5.16 Å². The Labute approximate surface area is 144 Å². The maximum atomic E-state index is 12.5. The van der Waals surface area contributed by atoms with E-state index in [1.165, 1.54) is 4.88 Å². The van der Waals surface area contributed by atoms with Crippen LogP contribution in [0.2, 0.25) is 0 Å². The molecule has 0 spiro atoms. The van der Waals surface area contributed by atoms with E-state index in [4.69, 9.17) is 9.26 Å². The Morgan fingerprint density at radius 2 is 2.25 bits per heavy atom. The first-order valence-corrected chi connectivity index (χ1v) is 9.09. The van der Waals surface area contributed by atoms with Crippen LogP contribution in [0.4, 0.5) is 5.82 Å². The van der Waals surface area contributed by atoms with Crippen molar-refractivity contribution in [3.05, 3.63) is 27.4 Å². The molecule has 24 heavy (non-hydrogen) atoms. The average molecular weight is 348 g/mol. The lowest BCUT2D eigenvalue weighted by atomic mass is 9.97. The molecule has 0 saturated carbocycles. The van der Waals surface area contributed by atoms with Gasteiger partial charge in [0.1, 0.15) is 0 Å². The number of fused-ring (bicyclic) bond motifs is 1. The molecule has 128 valence electrons. The highest BCUT2D eigenvalue weighted by atomic mass is 32.1. The zero-order valence-electron chi connectivity index (χ0n) is 13.6. The lowest BCUT2D eigenvalue weighted by Crippen LogP contribution is -2.36. The molecule has 1 aliphatic heterocycles. The number of nitrogens with one attached hydrogen (secondary N) is 1. The molecule has 1 N–H and O–H groups in total. The Bertz CT molecular complexity index is 736. The van der Waals surface area contributed by atoms with Gasteiger partial charge in [-0.15, -0.1) is 11.3 Å². The molecule has 8 heteroatoms. The van der Waals surface area contributed by atoms with E-state index < -0.39 is 0 Å². The lowest BCUT2D eigenvalue weighted by molar-refractivity contribution is 0.0894. The second kappa shape index (κ2) is 6.52. The molecule has 4 rings (SSSR count). The van der Waals surface area contributed by atoms with Crippen LogP contribution in [0.25, 0.3) is 0 Å². The van der Waals surface area contributed by atoms with Crippen molar-refractivity contribution < 1.29 is 14.1 Å². The molecule has 0 aromatic carbocycles. The van der Waals surface area contributed by atoms with E-state index >= 15 is 0 Å². The fourth-order valence-corrected chi connectivity index (χ4v) is 4.26. The number of carbonyl (C=O) groups is 1. The summed E-state index contributed by atoms with van der Waals surface area (Å²) in [6.45, 7) is 4.87. The van der Waals surface area contributed by atoms with E-state index in [-0.39, 0.29) is 17.7 Å². The van der Waals surface area contributed by atoms with Crippen molar-refractivity contribution in [3.63, 3.8) is 0 Å². The van der Waals surface area contributed by atoms with E-state index in [9.17, 15) is 4.79 Å². The smallest absolute Gasteiger partial charge is 0.290 e. The highest BCUT2D eigenvalue weighted by Gasteiger charge is 2.27. The first-order chi connectivity index (χ1) is 11.7. The van der Waals surface area contributed by atoms with E-state index in [0.717, 1.165) is 43.1 Å². The van der Waals surface area contributed by atoms with Crippen molar-refractivity contribution in [2.24, 2.45) is 0 Å². The maximum Gasteiger partial charge on any atom is 0.290 e. The van der Waals surface area contributed by atoms with Gasteiger partial charge >= 0.3 is 0 Å². The molecule has 3 heterocycles. The number of aromatic nitrogens is 2. The van der Waals surface area contributed by atoms with Crippen molar-refractivity contribution in [2.75, 3.05) is 31.2 Å². The number of amides is 1. The number of aryl methyl sites for hydroxylation is 2. The Balaban J connectivity index is 1.46. The summed E-state index contributed by atoms with van der Waals surface area (Å²) in [6, 6.07) is 1.67. The predicted octanol–water partition coefficient (Wildman–Crippen LogP) is 2.08. The minimum Gasteiger partial charge on any atom is -0.378 e. The Kier molecular flexibility index (Phi) is 4.24. The van der Waals surface area contributed by atoms with Crippen LogP contribution in [0.5, 0.6) is 0 Å². The summed E-state index contributed by atoms with van der Waals surface area (Å²) >= 11 is 1.72. The molecular formula is C16H20N4O3S. The molecule has 2 aliphatic rings. The van der Waals surface area contributed by atoms with Gasteiger partial charge in [-0.3, -0.25) is 4.79 Å². The standard InChI is InChI=1S/C16H20N4O3S/c1-10-17-15-11(3-2-4-13(15)24-10)18-16(21)12-9-14(19-23-12)20-5-7-22-8-6-20/h9,11H,2-8H2,1H3,(H,18,21). The van der Waals surface area contributed by atoms with Gasteiger partial charge in [0.15, 0.2) is 5.82 Å². The number of hydrogen-bond acceptors (Lipinski definition) is 7. The number of morpholine rings is 1. The molecule has 0 radical (unpaired) electrons. The fraction of sp³-hybridized carbons (Fsp3) is 0.562. The summed E-state index contributed by atoms with van der Waals surface area (Å²) in [7, 11) is 0. The second-order valence-electron chi connectivity index (χ2n) is 6.11. The minimum absolute atomic E-state index is 0.0388. The number of carbonyl (C=O) groups excluding carboxylic acids is 1. The SMILES string of the molecule is Cc1nc2c(s1)CCCC2NC(=O)c1cc(N2CCOCC2)no1. The first kappa shape index (κ1) is 15.6. The number of rotatable bonds is 3. The number of ether oxygens (including phenoxy) is 1. The highest BCUT2D eigenvalue weighted by molar-refractivity contribution is 7.11. The molecule has 0 bridgehead atoms. The van der Waals surface area contributed by atoms with Crippen LogP contribution in [0, 0.1) is 6.92 Å². The van der Waals surface area contributed by atoms with E-state index in [2.05, 4.69) is 20.4 Å². The van der Waals surface area contributed by atoms with E-state index in [1.807, 2.05) is 6.92 Å². The molecule has 2 aromatic rings. The zero-order valence-corrected chi connectivity index (χ0v) is 14.4. The third-order valence-corrected chi connectivity index (χ3v) is 5.47. The van der Waals surface area contributed by atoms with E-state index in [0.29, 0.717) is 19.0 Å². The Hall–Kier alpha value is -1.93. The van der Waals surface area contributed by atoms with Crippen LogP contribution in [-0.4, -0.2) is 42.4 Å². The van der Waals surface area contributed by atoms with Gasteiger partial charge in [0.05, 0.1) is 30.0 Å². The summed E-state index contributed by atoms with van der Waals surface area (Å²) in [5.74, 6) is 0.707. The van der Waals surface area contributed by atoms with Crippen molar-refractivity contribution in [3.8, 4) is 0 Å². The maximum absolute atomic E-state index is 12.5. The van der Waals surface area contributed by atoms with Gasteiger partial charge in [-0.2, -0.15) is 0 Å². The van der Waals surface area contributed by atoms with Crippen LogP contribution in [0.15, 0.2) is 10.6 Å².